The number of hydrogen-bond donors (Lipinski definition) is 1. The van der Waals surface area contributed by atoms with Crippen molar-refractivity contribution < 1.29 is 9.90 Å². The van der Waals surface area contributed by atoms with Gasteiger partial charge in [0.05, 0.1) is 0 Å². The molecule has 0 saturated carbocycles. The Balaban J connectivity index is 2.05. The van der Waals surface area contributed by atoms with Gasteiger partial charge in [-0.05, 0) is 31.2 Å². The van der Waals surface area contributed by atoms with E-state index in [0.717, 1.165) is 11.3 Å². The van der Waals surface area contributed by atoms with E-state index in [-0.39, 0.29) is 5.69 Å². The molecule has 2 aromatic heterocycles. The summed E-state index contributed by atoms with van der Waals surface area (Å²) in [6, 6.07) is 8.95. The summed E-state index contributed by atoms with van der Waals surface area (Å²) in [6.07, 6.45) is 2.83. The lowest BCUT2D eigenvalue weighted by Crippen LogP contribution is -2.01. The van der Waals surface area contributed by atoms with Gasteiger partial charge >= 0.3 is 5.97 Å². The third-order valence-corrected chi connectivity index (χ3v) is 3.26. The lowest BCUT2D eigenvalue weighted by atomic mass is 10.2. The zero-order valence-electron chi connectivity index (χ0n) is 11.6. The van der Waals surface area contributed by atoms with Gasteiger partial charge in [0, 0.05) is 28.5 Å². The molecule has 0 aliphatic carbocycles. The first-order valence-corrected chi connectivity index (χ1v) is 6.80. The lowest BCUT2D eigenvalue weighted by Gasteiger charge is -2.06. The molecule has 0 fully saturated rings. The number of aromatic nitrogens is 4. The third kappa shape index (κ3) is 2.82. The quantitative estimate of drug-likeness (QED) is 0.803. The fraction of sp³-hybridized carbons (Fsp3) is 0.0667. The van der Waals surface area contributed by atoms with Crippen LogP contribution >= 0.6 is 11.6 Å². The molecule has 3 aromatic rings. The molecule has 6 nitrogen and oxygen atoms in total. The summed E-state index contributed by atoms with van der Waals surface area (Å²) >= 11 is 5.88. The van der Waals surface area contributed by atoms with Gasteiger partial charge in [-0.1, -0.05) is 11.6 Å². The largest absolute Gasteiger partial charge is 0.476 e. The van der Waals surface area contributed by atoms with Crippen LogP contribution in [0.25, 0.3) is 17.2 Å². The Hall–Kier alpha value is -2.73. The Bertz CT molecular complexity index is 843. The van der Waals surface area contributed by atoms with Gasteiger partial charge in [0.1, 0.15) is 12.1 Å². The Labute approximate surface area is 131 Å². The molecule has 0 saturated heterocycles. The summed E-state index contributed by atoms with van der Waals surface area (Å²) in [7, 11) is 0. The van der Waals surface area contributed by atoms with Crippen molar-refractivity contribution in [2.75, 3.05) is 0 Å². The summed E-state index contributed by atoms with van der Waals surface area (Å²) in [5, 5.41) is 9.57. The van der Waals surface area contributed by atoms with E-state index < -0.39 is 5.97 Å². The number of imidazole rings is 1. The predicted molar refractivity (Wildman–Crippen MR) is 81.3 cm³/mol. The molecule has 0 aliphatic heterocycles. The molecule has 0 atom stereocenters. The van der Waals surface area contributed by atoms with E-state index >= 15 is 0 Å². The van der Waals surface area contributed by atoms with Gasteiger partial charge in [-0.3, -0.25) is 4.57 Å². The summed E-state index contributed by atoms with van der Waals surface area (Å²) in [5.41, 5.74) is 1.55. The van der Waals surface area contributed by atoms with Crippen molar-refractivity contribution in [3.63, 3.8) is 0 Å². The maximum absolute atomic E-state index is 10.9. The second-order valence-electron chi connectivity index (χ2n) is 4.67. The highest BCUT2D eigenvalue weighted by atomic mass is 35.5. The molecule has 0 spiro atoms. The number of halogens is 1. The Morgan fingerprint density at radius 2 is 1.95 bits per heavy atom. The Morgan fingerprint density at radius 1 is 1.23 bits per heavy atom. The third-order valence-electron chi connectivity index (χ3n) is 3.01. The number of hydrogen-bond acceptors (Lipinski definition) is 4. The monoisotopic (exact) mass is 314 g/mol. The zero-order valence-corrected chi connectivity index (χ0v) is 12.3. The highest BCUT2D eigenvalue weighted by molar-refractivity contribution is 6.30. The summed E-state index contributed by atoms with van der Waals surface area (Å²) in [6.45, 7) is 1.85. The lowest BCUT2D eigenvalue weighted by molar-refractivity contribution is 0.0691. The SMILES string of the molecule is Cc1cc(-n2cnc(C(=O)O)c2)nc(-c2ccc(Cl)cc2)n1. The molecule has 1 N–H and O–H groups in total. The van der Waals surface area contributed by atoms with Crippen LogP contribution in [0.15, 0.2) is 42.9 Å². The number of rotatable bonds is 3. The van der Waals surface area contributed by atoms with Gasteiger partial charge in [0.25, 0.3) is 0 Å². The highest BCUT2D eigenvalue weighted by Crippen LogP contribution is 2.20. The van der Waals surface area contributed by atoms with Crippen molar-refractivity contribution in [3.05, 3.63) is 59.3 Å². The summed E-state index contributed by atoms with van der Waals surface area (Å²) in [5.74, 6) is 0.0112. The van der Waals surface area contributed by atoms with Gasteiger partial charge in [-0.2, -0.15) is 0 Å². The molecule has 0 aliphatic rings. The van der Waals surface area contributed by atoms with Crippen LogP contribution < -0.4 is 0 Å². The van der Waals surface area contributed by atoms with Crippen molar-refractivity contribution in [1.29, 1.82) is 0 Å². The van der Waals surface area contributed by atoms with Crippen LogP contribution in [-0.4, -0.2) is 30.6 Å². The van der Waals surface area contributed by atoms with E-state index in [9.17, 15) is 4.79 Å². The van der Waals surface area contributed by atoms with Crippen LogP contribution in [0.2, 0.25) is 5.02 Å². The van der Waals surface area contributed by atoms with Gasteiger partial charge in [0.15, 0.2) is 11.5 Å². The number of carboxylic acids is 1. The second-order valence-corrected chi connectivity index (χ2v) is 5.11. The topological polar surface area (TPSA) is 80.9 Å². The number of aromatic carboxylic acids is 1. The first-order valence-electron chi connectivity index (χ1n) is 6.42. The molecular weight excluding hydrogens is 304 g/mol. The molecule has 7 heteroatoms. The van der Waals surface area contributed by atoms with Gasteiger partial charge < -0.3 is 5.11 Å². The first-order chi connectivity index (χ1) is 10.5. The smallest absolute Gasteiger partial charge is 0.356 e. The van der Waals surface area contributed by atoms with E-state index in [0.29, 0.717) is 16.7 Å². The van der Waals surface area contributed by atoms with Crippen LogP contribution in [-0.2, 0) is 0 Å². The average Bonchev–Trinajstić information content (AvgIpc) is 2.97. The van der Waals surface area contributed by atoms with Crippen LogP contribution in [0.4, 0.5) is 0 Å². The fourth-order valence-electron chi connectivity index (χ4n) is 1.97. The van der Waals surface area contributed by atoms with E-state index in [4.69, 9.17) is 16.7 Å². The van der Waals surface area contributed by atoms with E-state index in [1.807, 2.05) is 19.1 Å². The maximum Gasteiger partial charge on any atom is 0.356 e. The Kier molecular flexibility index (Phi) is 3.60. The van der Waals surface area contributed by atoms with E-state index in [2.05, 4.69) is 15.0 Å². The maximum atomic E-state index is 10.9. The van der Waals surface area contributed by atoms with Crippen molar-refractivity contribution in [1.82, 2.24) is 19.5 Å². The molecule has 3 rings (SSSR count). The minimum absolute atomic E-state index is 0.0377. The first kappa shape index (κ1) is 14.2. The fourth-order valence-corrected chi connectivity index (χ4v) is 2.10. The molecule has 0 radical (unpaired) electrons. The van der Waals surface area contributed by atoms with Crippen molar-refractivity contribution >= 4 is 17.6 Å². The number of nitrogens with zero attached hydrogens (tertiary/aromatic N) is 4. The van der Waals surface area contributed by atoms with Crippen LogP contribution in [0.1, 0.15) is 16.2 Å². The van der Waals surface area contributed by atoms with E-state index in [1.54, 1.807) is 22.8 Å². The zero-order chi connectivity index (χ0) is 15.7. The highest BCUT2D eigenvalue weighted by Gasteiger charge is 2.10. The van der Waals surface area contributed by atoms with Gasteiger partial charge in [-0.25, -0.2) is 19.7 Å². The molecule has 0 amide bonds. The van der Waals surface area contributed by atoms with Crippen LogP contribution in [0.3, 0.4) is 0 Å². The standard InChI is InChI=1S/C15H11ClN4O2/c1-9-6-13(20-7-12(15(21)22)17-8-20)19-14(18-9)10-2-4-11(16)5-3-10/h2-8H,1H3,(H,21,22). The summed E-state index contributed by atoms with van der Waals surface area (Å²) in [4.78, 5) is 23.6. The number of carboxylic acid groups (broad SMARTS) is 1. The van der Waals surface area contributed by atoms with Crippen LogP contribution in [0.5, 0.6) is 0 Å². The molecule has 0 bridgehead atoms. The molecule has 1 aromatic carbocycles. The molecule has 2 heterocycles. The van der Waals surface area contributed by atoms with Gasteiger partial charge in [-0.15, -0.1) is 0 Å². The van der Waals surface area contributed by atoms with E-state index in [1.165, 1.54) is 12.5 Å². The van der Waals surface area contributed by atoms with Crippen molar-refractivity contribution in [2.24, 2.45) is 0 Å². The number of benzene rings is 1. The second kappa shape index (κ2) is 5.57. The van der Waals surface area contributed by atoms with Crippen molar-refractivity contribution in [2.45, 2.75) is 6.92 Å². The molecule has 110 valence electrons. The van der Waals surface area contributed by atoms with Gasteiger partial charge in [0.2, 0.25) is 0 Å². The molecule has 22 heavy (non-hydrogen) atoms. The predicted octanol–water partition coefficient (Wildman–Crippen LogP) is 2.99. The molecule has 0 unspecified atom stereocenters. The van der Waals surface area contributed by atoms with Crippen molar-refractivity contribution in [3.8, 4) is 17.2 Å². The van der Waals surface area contributed by atoms with Crippen LogP contribution in [0, 0.1) is 6.92 Å². The number of carbonyl (C=O) groups is 1. The minimum atomic E-state index is -1.08. The normalized spacial score (nSPS) is 10.6. The summed E-state index contributed by atoms with van der Waals surface area (Å²) < 4.78 is 1.55. The Morgan fingerprint density at radius 3 is 2.59 bits per heavy atom. The minimum Gasteiger partial charge on any atom is -0.476 e. The number of aryl methyl sites for hydroxylation is 1. The average molecular weight is 315 g/mol. The molecular formula is C15H11ClN4O2.